The van der Waals surface area contributed by atoms with E-state index in [9.17, 15) is 0 Å². The van der Waals surface area contributed by atoms with E-state index in [-0.39, 0.29) is 0 Å². The van der Waals surface area contributed by atoms with Crippen LogP contribution >= 0.6 is 0 Å². The average molecular weight is 128 g/mol. The van der Waals surface area contributed by atoms with E-state index in [0.29, 0.717) is 0 Å². The number of hydrogen-bond acceptors (Lipinski definition) is 0. The first-order chi connectivity index (χ1) is 4.95. The van der Waals surface area contributed by atoms with E-state index in [2.05, 4.69) is 48.6 Å². The maximum absolute atomic E-state index is 2.12. The highest BCUT2D eigenvalue weighted by atomic mass is 13.9. The Hall–Kier alpha value is -1.30. The lowest BCUT2D eigenvalue weighted by Crippen LogP contribution is -1.76. The van der Waals surface area contributed by atoms with Gasteiger partial charge in [-0.05, 0) is 11.1 Å². The molecule has 10 heavy (non-hydrogen) atoms. The molecular formula is C10H8. The van der Waals surface area contributed by atoms with Gasteiger partial charge in [0.25, 0.3) is 0 Å². The van der Waals surface area contributed by atoms with Crippen molar-refractivity contribution in [2.45, 2.75) is 0 Å². The summed E-state index contributed by atoms with van der Waals surface area (Å²) in [7, 11) is 0. The molecular weight excluding hydrogens is 120 g/mol. The van der Waals surface area contributed by atoms with Gasteiger partial charge in [0.05, 0.1) is 0 Å². The Kier molecular flexibility index (Phi) is 1.17. The molecule has 0 atom stereocenters. The normalized spacial score (nSPS) is 13.2. The summed E-state index contributed by atoms with van der Waals surface area (Å²) < 4.78 is 0. The van der Waals surface area contributed by atoms with E-state index in [1.165, 1.54) is 11.1 Å². The van der Waals surface area contributed by atoms with E-state index in [1.54, 1.807) is 0 Å². The van der Waals surface area contributed by atoms with Gasteiger partial charge in [-0.15, -0.1) is 0 Å². The van der Waals surface area contributed by atoms with E-state index in [0.717, 1.165) is 0 Å². The summed E-state index contributed by atoms with van der Waals surface area (Å²) in [5.74, 6) is 0. The van der Waals surface area contributed by atoms with E-state index < -0.39 is 0 Å². The standard InChI is InChI=1S/C10H8/c1-2-4-10-7-5-9(3-1)6-8-10/h1-8H. The van der Waals surface area contributed by atoms with E-state index >= 15 is 0 Å². The molecule has 0 unspecified atom stereocenters. The van der Waals surface area contributed by atoms with Gasteiger partial charge in [-0.1, -0.05) is 48.6 Å². The number of fused-ring (bicyclic) bond motifs is 3. The third-order valence-corrected chi connectivity index (χ3v) is 1.62. The van der Waals surface area contributed by atoms with Crippen molar-refractivity contribution < 1.29 is 0 Å². The molecule has 1 aromatic rings. The molecule has 0 amide bonds. The van der Waals surface area contributed by atoms with Gasteiger partial charge in [-0.25, -0.2) is 0 Å². The lowest BCUT2D eigenvalue weighted by molar-refractivity contribution is 1.61. The average Bonchev–Trinajstić information content (AvgIpc) is 1.89. The minimum absolute atomic E-state index is 1.27. The predicted molar refractivity (Wildman–Crippen MR) is 44.5 cm³/mol. The molecule has 2 bridgehead atoms. The minimum atomic E-state index is 1.27. The van der Waals surface area contributed by atoms with Crippen molar-refractivity contribution in [3.8, 4) is 0 Å². The highest BCUT2D eigenvalue weighted by Gasteiger charge is 1.89. The third-order valence-electron chi connectivity index (χ3n) is 1.62. The lowest BCUT2D eigenvalue weighted by atomic mass is 10.1. The first kappa shape index (κ1) is 5.48. The van der Waals surface area contributed by atoms with Gasteiger partial charge < -0.3 is 0 Å². The first-order valence-corrected chi connectivity index (χ1v) is 3.40. The maximum Gasteiger partial charge on any atom is -0.0256 e. The Morgan fingerprint density at radius 2 is 1.00 bits per heavy atom. The summed E-state index contributed by atoms with van der Waals surface area (Å²) in [6.45, 7) is 0. The van der Waals surface area contributed by atoms with Crippen LogP contribution in [0.4, 0.5) is 0 Å². The van der Waals surface area contributed by atoms with Crippen LogP contribution in [0.3, 0.4) is 0 Å². The topological polar surface area (TPSA) is 0 Å². The Labute approximate surface area is 60.5 Å². The molecule has 0 N–H and O–H groups in total. The zero-order chi connectivity index (χ0) is 6.81. The second-order valence-electron chi connectivity index (χ2n) is 2.38. The highest BCUT2D eigenvalue weighted by Crippen LogP contribution is 2.10. The maximum atomic E-state index is 2.12. The summed E-state index contributed by atoms with van der Waals surface area (Å²) >= 11 is 0. The summed E-state index contributed by atoms with van der Waals surface area (Å²) in [5, 5.41) is 0. The van der Waals surface area contributed by atoms with Gasteiger partial charge in [-0.2, -0.15) is 0 Å². The Bertz CT molecular complexity index is 244. The van der Waals surface area contributed by atoms with Crippen LogP contribution in [0.25, 0.3) is 12.2 Å². The Morgan fingerprint density at radius 3 is 1.40 bits per heavy atom. The van der Waals surface area contributed by atoms with Crippen LogP contribution < -0.4 is 0 Å². The minimum Gasteiger partial charge on any atom is -0.0617 e. The number of allylic oxidation sites excluding steroid dienone is 2. The van der Waals surface area contributed by atoms with Gasteiger partial charge >= 0.3 is 0 Å². The molecule has 0 radical (unpaired) electrons. The fourth-order valence-corrected chi connectivity index (χ4v) is 1.05. The molecule has 0 nitrogen and oxygen atoms in total. The van der Waals surface area contributed by atoms with Crippen molar-refractivity contribution >= 4 is 12.2 Å². The van der Waals surface area contributed by atoms with Crippen molar-refractivity contribution in [2.75, 3.05) is 0 Å². The van der Waals surface area contributed by atoms with Crippen LogP contribution in [0, 0.1) is 0 Å². The number of rotatable bonds is 0. The van der Waals surface area contributed by atoms with Crippen molar-refractivity contribution in [3.05, 3.63) is 47.5 Å². The van der Waals surface area contributed by atoms with Crippen molar-refractivity contribution in [3.63, 3.8) is 0 Å². The van der Waals surface area contributed by atoms with Crippen molar-refractivity contribution in [2.24, 2.45) is 0 Å². The van der Waals surface area contributed by atoms with Crippen molar-refractivity contribution in [1.29, 1.82) is 0 Å². The zero-order valence-electron chi connectivity index (χ0n) is 5.62. The molecule has 0 fully saturated rings. The highest BCUT2D eigenvalue weighted by molar-refractivity contribution is 5.62. The van der Waals surface area contributed by atoms with Gasteiger partial charge in [0.1, 0.15) is 0 Å². The van der Waals surface area contributed by atoms with Crippen molar-refractivity contribution in [1.82, 2.24) is 0 Å². The first-order valence-electron chi connectivity index (χ1n) is 3.40. The van der Waals surface area contributed by atoms with Crippen LogP contribution in [0.5, 0.6) is 0 Å². The number of hydrogen-bond donors (Lipinski definition) is 0. The number of benzene rings is 1. The molecule has 2 aliphatic carbocycles. The van der Waals surface area contributed by atoms with Crippen LogP contribution in [0.15, 0.2) is 36.4 Å². The molecule has 0 heteroatoms. The lowest BCUT2D eigenvalue weighted by Gasteiger charge is -1.97. The fourth-order valence-electron chi connectivity index (χ4n) is 1.05. The van der Waals surface area contributed by atoms with E-state index in [4.69, 9.17) is 0 Å². The second-order valence-corrected chi connectivity index (χ2v) is 2.38. The third kappa shape index (κ3) is 0.883. The summed E-state index contributed by atoms with van der Waals surface area (Å²) in [4.78, 5) is 0. The second kappa shape index (κ2) is 2.14. The smallest absolute Gasteiger partial charge is 0.0256 e. The molecule has 0 aliphatic heterocycles. The van der Waals surface area contributed by atoms with Crippen LogP contribution in [-0.4, -0.2) is 0 Å². The Balaban J connectivity index is 2.65. The van der Waals surface area contributed by atoms with Crippen LogP contribution in [0.2, 0.25) is 0 Å². The molecule has 0 saturated heterocycles. The molecule has 0 heterocycles. The van der Waals surface area contributed by atoms with Gasteiger partial charge in [-0.3, -0.25) is 0 Å². The van der Waals surface area contributed by atoms with Crippen LogP contribution in [0.1, 0.15) is 11.1 Å². The quantitative estimate of drug-likeness (QED) is 0.504. The zero-order valence-corrected chi connectivity index (χ0v) is 5.62. The molecule has 2 aliphatic rings. The molecule has 48 valence electrons. The summed E-state index contributed by atoms with van der Waals surface area (Å²) in [5.41, 5.74) is 2.54. The SMILES string of the molecule is C1=Cc2ccc(cc2)C=C1. The van der Waals surface area contributed by atoms with Gasteiger partial charge in [0.2, 0.25) is 0 Å². The molecule has 1 aromatic carbocycles. The van der Waals surface area contributed by atoms with Gasteiger partial charge in [0, 0.05) is 0 Å². The Morgan fingerprint density at radius 1 is 0.600 bits per heavy atom. The molecule has 3 rings (SSSR count). The fraction of sp³-hybridized carbons (Fsp3) is 0. The predicted octanol–water partition coefficient (Wildman–Crippen LogP) is 2.73. The summed E-state index contributed by atoms with van der Waals surface area (Å²) in [6, 6.07) is 8.48. The summed E-state index contributed by atoms with van der Waals surface area (Å²) in [6.07, 6.45) is 8.31. The van der Waals surface area contributed by atoms with E-state index in [1.807, 2.05) is 0 Å². The molecule has 0 aromatic heterocycles. The van der Waals surface area contributed by atoms with Gasteiger partial charge in [0.15, 0.2) is 0 Å². The molecule has 0 spiro atoms. The monoisotopic (exact) mass is 128 g/mol. The largest absolute Gasteiger partial charge is 0.0617 e. The molecule has 0 saturated carbocycles. The van der Waals surface area contributed by atoms with Crippen LogP contribution in [-0.2, 0) is 0 Å².